The first-order chi connectivity index (χ1) is 17.5. The SMILES string of the molecule is CC[C@H](Oc1ccc2ccccc2c1Br)C(=O)N/N=C\c1ccc(OC(=O)c2ccccc2F)cc1. The highest BCUT2D eigenvalue weighted by Gasteiger charge is 2.20. The second kappa shape index (κ2) is 11.6. The molecule has 0 heterocycles. The summed E-state index contributed by atoms with van der Waals surface area (Å²) in [4.78, 5) is 24.8. The van der Waals surface area contributed by atoms with E-state index in [0.717, 1.165) is 15.2 Å². The lowest BCUT2D eigenvalue weighted by Crippen LogP contribution is -2.35. The summed E-state index contributed by atoms with van der Waals surface area (Å²) in [6.07, 6.45) is 1.17. The summed E-state index contributed by atoms with van der Waals surface area (Å²) in [6.45, 7) is 1.85. The largest absolute Gasteiger partial charge is 0.479 e. The third-order valence-corrected chi connectivity index (χ3v) is 6.15. The van der Waals surface area contributed by atoms with E-state index in [9.17, 15) is 14.0 Å². The van der Waals surface area contributed by atoms with Crippen LogP contribution in [0.15, 0.2) is 94.5 Å². The first-order valence-electron chi connectivity index (χ1n) is 11.2. The van der Waals surface area contributed by atoms with Crippen LogP contribution in [0.4, 0.5) is 4.39 Å². The third kappa shape index (κ3) is 5.95. The molecule has 4 aromatic rings. The summed E-state index contributed by atoms with van der Waals surface area (Å²) in [6, 6.07) is 23.7. The van der Waals surface area contributed by atoms with E-state index in [1.54, 1.807) is 30.3 Å². The predicted molar refractivity (Wildman–Crippen MR) is 140 cm³/mol. The second-order valence-electron chi connectivity index (χ2n) is 7.79. The van der Waals surface area contributed by atoms with Crippen molar-refractivity contribution < 1.29 is 23.5 Å². The van der Waals surface area contributed by atoms with Gasteiger partial charge in [-0.25, -0.2) is 14.6 Å². The lowest BCUT2D eigenvalue weighted by Gasteiger charge is -2.17. The number of ether oxygens (including phenoxy) is 2. The zero-order valence-corrected chi connectivity index (χ0v) is 20.9. The Balaban J connectivity index is 1.34. The van der Waals surface area contributed by atoms with Crippen LogP contribution in [0.25, 0.3) is 10.8 Å². The monoisotopic (exact) mass is 548 g/mol. The molecule has 0 aliphatic heterocycles. The van der Waals surface area contributed by atoms with Crippen LogP contribution >= 0.6 is 15.9 Å². The van der Waals surface area contributed by atoms with Crippen molar-refractivity contribution >= 4 is 44.8 Å². The Morgan fingerprint density at radius 1 is 1.00 bits per heavy atom. The summed E-state index contributed by atoms with van der Waals surface area (Å²) in [5.41, 5.74) is 3.01. The molecule has 182 valence electrons. The number of rotatable bonds is 8. The first-order valence-corrected chi connectivity index (χ1v) is 12.0. The fourth-order valence-electron chi connectivity index (χ4n) is 3.43. The van der Waals surface area contributed by atoms with Crippen molar-refractivity contribution in [2.75, 3.05) is 0 Å². The second-order valence-corrected chi connectivity index (χ2v) is 8.58. The summed E-state index contributed by atoms with van der Waals surface area (Å²) in [5, 5.41) is 6.05. The number of benzene rings is 4. The van der Waals surface area contributed by atoms with Gasteiger partial charge < -0.3 is 9.47 Å². The van der Waals surface area contributed by atoms with Crippen molar-refractivity contribution in [3.05, 3.63) is 106 Å². The lowest BCUT2D eigenvalue weighted by molar-refractivity contribution is -0.128. The topological polar surface area (TPSA) is 77.0 Å². The Labute approximate surface area is 215 Å². The Morgan fingerprint density at radius 3 is 2.47 bits per heavy atom. The number of nitrogens with zero attached hydrogens (tertiary/aromatic N) is 1. The van der Waals surface area contributed by atoms with E-state index in [1.165, 1.54) is 24.4 Å². The number of carbonyl (C=O) groups is 2. The average molecular weight is 549 g/mol. The van der Waals surface area contributed by atoms with Crippen LogP contribution in [0.1, 0.15) is 29.3 Å². The summed E-state index contributed by atoms with van der Waals surface area (Å²) in [5.74, 6) is -0.996. The van der Waals surface area contributed by atoms with Gasteiger partial charge in [0.15, 0.2) is 6.10 Å². The van der Waals surface area contributed by atoms with Gasteiger partial charge in [0.2, 0.25) is 0 Å². The Kier molecular flexibility index (Phi) is 8.07. The van der Waals surface area contributed by atoms with Gasteiger partial charge in [-0.3, -0.25) is 4.79 Å². The molecule has 0 aliphatic rings. The van der Waals surface area contributed by atoms with Gasteiger partial charge in [-0.15, -0.1) is 0 Å². The lowest BCUT2D eigenvalue weighted by atomic mass is 10.1. The van der Waals surface area contributed by atoms with Crippen molar-refractivity contribution in [3.8, 4) is 11.5 Å². The molecule has 1 amide bonds. The van der Waals surface area contributed by atoms with Gasteiger partial charge in [0.05, 0.1) is 16.3 Å². The van der Waals surface area contributed by atoms with Gasteiger partial charge in [-0.05, 0) is 81.2 Å². The highest BCUT2D eigenvalue weighted by atomic mass is 79.9. The standard InChI is InChI=1S/C28H22BrFN2O4/c1-2-24(36-25-16-13-19-7-3-4-8-21(19)26(25)29)27(33)32-31-17-18-11-14-20(15-12-18)35-28(34)22-9-5-6-10-23(22)30/h3-17,24H,2H2,1H3,(H,32,33)/b31-17-/t24-/m0/s1. The van der Waals surface area contributed by atoms with Crippen LogP contribution in [0.5, 0.6) is 11.5 Å². The third-order valence-electron chi connectivity index (χ3n) is 5.33. The van der Waals surface area contributed by atoms with Crippen molar-refractivity contribution in [2.24, 2.45) is 5.10 Å². The van der Waals surface area contributed by atoms with Crippen molar-refractivity contribution in [1.82, 2.24) is 5.43 Å². The molecule has 1 N–H and O–H groups in total. The number of nitrogens with one attached hydrogen (secondary N) is 1. The highest BCUT2D eigenvalue weighted by Crippen LogP contribution is 2.33. The highest BCUT2D eigenvalue weighted by molar-refractivity contribution is 9.10. The van der Waals surface area contributed by atoms with Gasteiger partial charge in [0.1, 0.15) is 17.3 Å². The molecule has 0 aliphatic carbocycles. The molecule has 4 aromatic carbocycles. The summed E-state index contributed by atoms with van der Waals surface area (Å²) < 4.78 is 25.7. The molecule has 8 heteroatoms. The molecule has 0 fully saturated rings. The van der Waals surface area contributed by atoms with E-state index < -0.39 is 17.9 Å². The maximum atomic E-state index is 13.7. The van der Waals surface area contributed by atoms with Gasteiger partial charge in [0.25, 0.3) is 5.91 Å². The summed E-state index contributed by atoms with van der Waals surface area (Å²) >= 11 is 3.57. The minimum atomic E-state index is -0.787. The molecular formula is C28H22BrFN2O4. The van der Waals surface area contributed by atoms with E-state index >= 15 is 0 Å². The molecule has 0 aromatic heterocycles. The molecule has 0 bridgehead atoms. The van der Waals surface area contributed by atoms with Crippen LogP contribution in [0.2, 0.25) is 0 Å². The molecule has 1 atom stereocenters. The number of hydrogen-bond acceptors (Lipinski definition) is 5. The fourth-order valence-corrected chi connectivity index (χ4v) is 4.02. The van der Waals surface area contributed by atoms with Gasteiger partial charge in [-0.2, -0.15) is 5.10 Å². The molecule has 0 spiro atoms. The fraction of sp³-hybridized carbons (Fsp3) is 0.107. The van der Waals surface area contributed by atoms with E-state index in [1.807, 2.05) is 43.3 Å². The van der Waals surface area contributed by atoms with Gasteiger partial charge >= 0.3 is 5.97 Å². The van der Waals surface area contributed by atoms with Gasteiger partial charge in [-0.1, -0.05) is 49.4 Å². The van der Waals surface area contributed by atoms with Crippen LogP contribution in [-0.4, -0.2) is 24.2 Å². The molecular weight excluding hydrogens is 527 g/mol. The number of carbonyl (C=O) groups excluding carboxylic acids is 2. The minimum Gasteiger partial charge on any atom is -0.479 e. The molecule has 0 unspecified atom stereocenters. The van der Waals surface area contributed by atoms with Crippen molar-refractivity contribution in [1.29, 1.82) is 0 Å². The normalized spacial score (nSPS) is 11.9. The minimum absolute atomic E-state index is 0.144. The molecule has 36 heavy (non-hydrogen) atoms. The molecule has 0 saturated carbocycles. The van der Waals surface area contributed by atoms with E-state index in [0.29, 0.717) is 17.7 Å². The zero-order valence-electron chi connectivity index (χ0n) is 19.3. The van der Waals surface area contributed by atoms with Crippen LogP contribution < -0.4 is 14.9 Å². The van der Waals surface area contributed by atoms with Crippen LogP contribution in [0, 0.1) is 5.82 Å². The van der Waals surface area contributed by atoms with Crippen molar-refractivity contribution in [3.63, 3.8) is 0 Å². The Morgan fingerprint density at radius 2 is 1.72 bits per heavy atom. The predicted octanol–water partition coefficient (Wildman–Crippen LogP) is 6.27. The molecule has 4 rings (SSSR count). The average Bonchev–Trinajstić information content (AvgIpc) is 2.89. The number of fused-ring (bicyclic) bond motifs is 1. The molecule has 6 nitrogen and oxygen atoms in total. The van der Waals surface area contributed by atoms with Crippen molar-refractivity contribution in [2.45, 2.75) is 19.4 Å². The quantitative estimate of drug-likeness (QED) is 0.122. The molecule has 0 radical (unpaired) electrons. The van der Waals surface area contributed by atoms with Crippen LogP contribution in [-0.2, 0) is 4.79 Å². The van der Waals surface area contributed by atoms with Crippen LogP contribution in [0.3, 0.4) is 0 Å². The zero-order chi connectivity index (χ0) is 25.5. The van der Waals surface area contributed by atoms with Gasteiger partial charge in [0, 0.05) is 0 Å². The number of hydrogen-bond donors (Lipinski definition) is 1. The summed E-state index contributed by atoms with van der Waals surface area (Å²) in [7, 11) is 0. The first kappa shape index (κ1) is 25.1. The number of halogens is 2. The number of esters is 1. The number of hydrazone groups is 1. The maximum Gasteiger partial charge on any atom is 0.346 e. The Bertz CT molecular complexity index is 1420. The van der Waals surface area contributed by atoms with E-state index in [2.05, 4.69) is 26.5 Å². The smallest absolute Gasteiger partial charge is 0.346 e. The van der Waals surface area contributed by atoms with E-state index in [-0.39, 0.29) is 17.2 Å². The molecule has 0 saturated heterocycles. The maximum absolute atomic E-state index is 13.7. The van der Waals surface area contributed by atoms with E-state index in [4.69, 9.17) is 9.47 Å². The Hall–Kier alpha value is -4.04. The number of amides is 1.